The van der Waals surface area contributed by atoms with Crippen LogP contribution >= 0.6 is 0 Å². The summed E-state index contributed by atoms with van der Waals surface area (Å²) in [5.41, 5.74) is 4.63. The third kappa shape index (κ3) is 4.08. The number of benzene rings is 2. The van der Waals surface area contributed by atoms with Crippen molar-refractivity contribution < 1.29 is 24.2 Å². The van der Waals surface area contributed by atoms with E-state index in [2.05, 4.69) is 17.4 Å². The van der Waals surface area contributed by atoms with Gasteiger partial charge in [-0.1, -0.05) is 55.0 Å². The number of alkyl carbamates (subject to hydrolysis) is 1. The Morgan fingerprint density at radius 1 is 1.03 bits per heavy atom. The molecule has 1 aliphatic heterocycles. The predicted molar refractivity (Wildman–Crippen MR) is 122 cm³/mol. The van der Waals surface area contributed by atoms with E-state index in [0.29, 0.717) is 13.1 Å². The van der Waals surface area contributed by atoms with Gasteiger partial charge in [-0.2, -0.15) is 0 Å². The van der Waals surface area contributed by atoms with Gasteiger partial charge in [0.1, 0.15) is 12.6 Å². The molecule has 0 radical (unpaired) electrons. The number of carboxylic acid groups (broad SMARTS) is 1. The minimum Gasteiger partial charge on any atom is -0.481 e. The van der Waals surface area contributed by atoms with Crippen molar-refractivity contribution in [1.29, 1.82) is 0 Å². The number of nitrogens with one attached hydrogen (secondary N) is 1. The Hall–Kier alpha value is -3.35. The summed E-state index contributed by atoms with van der Waals surface area (Å²) in [5.74, 6) is -1.58. The Morgan fingerprint density at radius 3 is 2.21 bits per heavy atom. The van der Waals surface area contributed by atoms with Crippen LogP contribution in [0.5, 0.6) is 0 Å². The van der Waals surface area contributed by atoms with Gasteiger partial charge in [-0.05, 0) is 46.9 Å². The van der Waals surface area contributed by atoms with Crippen LogP contribution in [0.2, 0.25) is 0 Å². The maximum Gasteiger partial charge on any atom is 0.407 e. The van der Waals surface area contributed by atoms with Gasteiger partial charge in [0.15, 0.2) is 0 Å². The third-order valence-corrected chi connectivity index (χ3v) is 7.48. The zero-order valence-corrected chi connectivity index (χ0v) is 18.5. The molecule has 2 amide bonds. The Bertz CT molecular complexity index is 1050. The highest BCUT2D eigenvalue weighted by atomic mass is 16.5. The molecule has 1 spiro atoms. The molecular weight excluding hydrogens is 420 g/mol. The minimum absolute atomic E-state index is 0.103. The van der Waals surface area contributed by atoms with Gasteiger partial charge in [-0.3, -0.25) is 9.59 Å². The molecule has 1 heterocycles. The summed E-state index contributed by atoms with van der Waals surface area (Å²) in [6, 6.07) is 14.9. The van der Waals surface area contributed by atoms with Crippen LogP contribution in [0, 0.1) is 5.41 Å². The van der Waals surface area contributed by atoms with Crippen LogP contribution in [0.4, 0.5) is 4.79 Å². The molecule has 2 aromatic rings. The summed E-state index contributed by atoms with van der Waals surface area (Å²) in [4.78, 5) is 38.7. The second-order valence-electron chi connectivity index (χ2n) is 9.48. The van der Waals surface area contributed by atoms with Crippen LogP contribution in [0.1, 0.15) is 49.1 Å². The molecule has 172 valence electrons. The highest BCUT2D eigenvalue weighted by molar-refractivity contribution is 5.89. The average molecular weight is 449 g/mol. The van der Waals surface area contributed by atoms with E-state index in [-0.39, 0.29) is 23.8 Å². The van der Waals surface area contributed by atoms with Crippen molar-refractivity contribution in [3.05, 3.63) is 59.7 Å². The summed E-state index contributed by atoms with van der Waals surface area (Å²) in [6.45, 7) is 1.37. The highest BCUT2D eigenvalue weighted by Crippen LogP contribution is 2.48. The topological polar surface area (TPSA) is 95.9 Å². The highest BCUT2D eigenvalue weighted by Gasteiger charge is 2.45. The van der Waals surface area contributed by atoms with Crippen LogP contribution in [0.3, 0.4) is 0 Å². The summed E-state index contributed by atoms with van der Waals surface area (Å²) < 4.78 is 5.52. The summed E-state index contributed by atoms with van der Waals surface area (Å²) in [6.07, 6.45) is 3.11. The van der Waals surface area contributed by atoms with Gasteiger partial charge in [0.2, 0.25) is 5.91 Å². The maximum absolute atomic E-state index is 13.0. The van der Waals surface area contributed by atoms with E-state index in [4.69, 9.17) is 4.74 Å². The van der Waals surface area contributed by atoms with Crippen LogP contribution in [0.25, 0.3) is 11.1 Å². The molecule has 7 heteroatoms. The summed E-state index contributed by atoms with van der Waals surface area (Å²) >= 11 is 0. The molecular formula is C26H28N2O5. The standard InChI is InChI=1S/C26H28N2O5/c29-23(30)14-22(24(31)28-13-12-26(16-28)10-5-11-26)27-25(32)33-15-21-19-8-3-1-6-17(19)18-7-2-4-9-20(18)21/h1-4,6-9,21-22H,5,10-16H2,(H,27,32)(H,29,30). The first kappa shape index (κ1) is 21.5. The average Bonchev–Trinajstić information content (AvgIpc) is 3.37. The summed E-state index contributed by atoms with van der Waals surface area (Å²) in [7, 11) is 0. The molecule has 1 unspecified atom stereocenters. The number of amides is 2. The maximum atomic E-state index is 13.0. The first-order chi connectivity index (χ1) is 16.0. The third-order valence-electron chi connectivity index (χ3n) is 7.48. The van der Waals surface area contributed by atoms with Crippen molar-refractivity contribution in [2.24, 2.45) is 5.41 Å². The number of rotatable bonds is 6. The Labute approximate surface area is 192 Å². The number of carbonyl (C=O) groups excluding carboxylic acids is 2. The van der Waals surface area contributed by atoms with E-state index in [1.54, 1.807) is 4.90 Å². The molecule has 2 N–H and O–H groups in total. The second-order valence-corrected chi connectivity index (χ2v) is 9.48. The minimum atomic E-state index is -1.13. The van der Waals surface area contributed by atoms with Crippen molar-refractivity contribution in [2.75, 3.05) is 19.7 Å². The second kappa shape index (κ2) is 8.54. The van der Waals surface area contributed by atoms with E-state index in [0.717, 1.165) is 41.5 Å². The lowest BCUT2D eigenvalue weighted by atomic mass is 9.68. The lowest BCUT2D eigenvalue weighted by Crippen LogP contribution is -2.50. The van der Waals surface area contributed by atoms with Gasteiger partial charge in [0.05, 0.1) is 6.42 Å². The van der Waals surface area contributed by atoms with Gasteiger partial charge in [0.25, 0.3) is 0 Å². The lowest BCUT2D eigenvalue weighted by molar-refractivity contribution is -0.142. The first-order valence-electron chi connectivity index (χ1n) is 11.6. The zero-order chi connectivity index (χ0) is 23.0. The zero-order valence-electron chi connectivity index (χ0n) is 18.5. The van der Waals surface area contributed by atoms with E-state index in [9.17, 15) is 19.5 Å². The van der Waals surface area contributed by atoms with Gasteiger partial charge in [-0.15, -0.1) is 0 Å². The molecule has 2 fully saturated rings. The van der Waals surface area contributed by atoms with Gasteiger partial charge in [-0.25, -0.2) is 4.79 Å². The lowest BCUT2D eigenvalue weighted by Gasteiger charge is -2.38. The monoisotopic (exact) mass is 448 g/mol. The SMILES string of the molecule is O=C(O)CC(NC(=O)OCC1c2ccccc2-c2ccccc21)C(=O)N1CCC2(CCC2)C1. The summed E-state index contributed by atoms with van der Waals surface area (Å²) in [5, 5.41) is 11.8. The van der Waals surface area contributed by atoms with Crippen molar-refractivity contribution in [3.8, 4) is 11.1 Å². The Morgan fingerprint density at radius 2 is 1.67 bits per heavy atom. The molecule has 33 heavy (non-hydrogen) atoms. The van der Waals surface area contributed by atoms with Crippen molar-refractivity contribution in [3.63, 3.8) is 0 Å². The molecule has 2 aliphatic carbocycles. The van der Waals surface area contributed by atoms with E-state index >= 15 is 0 Å². The molecule has 7 nitrogen and oxygen atoms in total. The number of aliphatic carboxylic acids is 1. The van der Waals surface area contributed by atoms with E-state index in [1.165, 1.54) is 6.42 Å². The Kier molecular flexibility index (Phi) is 5.56. The number of carbonyl (C=O) groups is 3. The number of fused-ring (bicyclic) bond motifs is 3. The largest absolute Gasteiger partial charge is 0.481 e. The fourth-order valence-corrected chi connectivity index (χ4v) is 5.59. The number of hydrogen-bond acceptors (Lipinski definition) is 4. The van der Waals surface area contributed by atoms with Crippen LogP contribution < -0.4 is 5.32 Å². The molecule has 0 bridgehead atoms. The molecule has 0 aromatic heterocycles. The molecule has 1 atom stereocenters. The van der Waals surface area contributed by atoms with Crippen molar-refractivity contribution in [1.82, 2.24) is 10.2 Å². The first-order valence-corrected chi connectivity index (χ1v) is 11.6. The number of nitrogens with zero attached hydrogens (tertiary/aromatic N) is 1. The fourth-order valence-electron chi connectivity index (χ4n) is 5.59. The van der Waals surface area contributed by atoms with Crippen molar-refractivity contribution >= 4 is 18.0 Å². The quantitative estimate of drug-likeness (QED) is 0.701. The molecule has 1 saturated carbocycles. The molecule has 2 aromatic carbocycles. The normalized spacial score (nSPS) is 18.8. The Balaban J connectivity index is 1.24. The van der Waals surface area contributed by atoms with Crippen LogP contribution in [0.15, 0.2) is 48.5 Å². The van der Waals surface area contributed by atoms with Crippen LogP contribution in [-0.2, 0) is 14.3 Å². The number of likely N-dealkylation sites (tertiary alicyclic amines) is 1. The van der Waals surface area contributed by atoms with Gasteiger partial charge >= 0.3 is 12.1 Å². The predicted octanol–water partition coefficient (Wildman–Crippen LogP) is 3.77. The fraction of sp³-hybridized carbons (Fsp3) is 0.423. The molecule has 5 rings (SSSR count). The van der Waals surface area contributed by atoms with E-state index < -0.39 is 24.5 Å². The number of carboxylic acids is 1. The number of ether oxygens (including phenoxy) is 1. The van der Waals surface area contributed by atoms with E-state index in [1.807, 2.05) is 36.4 Å². The molecule has 1 saturated heterocycles. The number of hydrogen-bond donors (Lipinski definition) is 2. The van der Waals surface area contributed by atoms with Crippen LogP contribution in [-0.4, -0.2) is 53.7 Å². The smallest absolute Gasteiger partial charge is 0.407 e. The molecule has 3 aliphatic rings. The van der Waals surface area contributed by atoms with Gasteiger partial charge in [0, 0.05) is 19.0 Å². The van der Waals surface area contributed by atoms with Gasteiger partial charge < -0.3 is 20.1 Å². The van der Waals surface area contributed by atoms with Crippen molar-refractivity contribution in [2.45, 2.75) is 44.1 Å².